The zero-order valence-corrected chi connectivity index (χ0v) is 8.01. The highest BCUT2D eigenvalue weighted by atomic mass is 35.5. The summed E-state index contributed by atoms with van der Waals surface area (Å²) in [5.41, 5.74) is -0.598. The van der Waals surface area contributed by atoms with E-state index in [1.54, 1.807) is 0 Å². The van der Waals surface area contributed by atoms with E-state index in [4.69, 9.17) is 11.6 Å². The predicted octanol–water partition coefficient (Wildman–Crippen LogP) is 0.888. The van der Waals surface area contributed by atoms with Crippen LogP contribution in [0.1, 0.15) is 6.42 Å². The van der Waals surface area contributed by atoms with Crippen LogP contribution in [0.25, 0.3) is 0 Å². The molecule has 0 N–H and O–H groups in total. The molecule has 0 aliphatic heterocycles. The quantitative estimate of drug-likeness (QED) is 0.408. The highest BCUT2D eigenvalue weighted by molar-refractivity contribution is 6.67. The molecular weight excluding hydrogens is 228 g/mol. The van der Waals surface area contributed by atoms with E-state index in [0.29, 0.717) is 0 Å². The van der Waals surface area contributed by atoms with Crippen molar-refractivity contribution in [2.45, 2.75) is 12.5 Å². The van der Waals surface area contributed by atoms with Crippen LogP contribution in [0.15, 0.2) is 23.4 Å². The first kappa shape index (κ1) is 11.3. The van der Waals surface area contributed by atoms with Crippen molar-refractivity contribution in [3.8, 4) is 0 Å². The molecule has 1 aliphatic rings. The van der Waals surface area contributed by atoms with Crippen LogP contribution in [0.4, 0.5) is 0 Å². The summed E-state index contributed by atoms with van der Waals surface area (Å²) in [5, 5.41) is 19.9. The van der Waals surface area contributed by atoms with Crippen molar-refractivity contribution in [2.75, 3.05) is 0 Å². The summed E-state index contributed by atoms with van der Waals surface area (Å²) >= 11 is 5.12. The molecule has 1 unspecified atom stereocenters. The van der Waals surface area contributed by atoms with Gasteiger partial charge in [-0.25, -0.2) is 0 Å². The maximum absolute atomic E-state index is 10.8. The number of allylic oxidation sites excluding steroid dienone is 1. The molecule has 80 valence electrons. The molecule has 0 saturated carbocycles. The van der Waals surface area contributed by atoms with Gasteiger partial charge in [0.05, 0.1) is 11.0 Å². The minimum atomic E-state index is -1.27. The highest BCUT2D eigenvalue weighted by Crippen LogP contribution is 2.21. The molecule has 0 saturated heterocycles. The Kier molecular flexibility index (Phi) is 3.15. The average Bonchev–Trinajstić information content (AvgIpc) is 2.16. The van der Waals surface area contributed by atoms with Crippen LogP contribution in [-0.2, 0) is 4.79 Å². The molecule has 15 heavy (non-hydrogen) atoms. The van der Waals surface area contributed by atoms with Crippen LogP contribution in [0.5, 0.6) is 0 Å². The number of rotatable bonds is 3. The molecule has 0 aromatic rings. The monoisotopic (exact) mass is 232 g/mol. The molecule has 0 radical (unpaired) electrons. The number of halogens is 1. The molecule has 0 aromatic carbocycles. The fourth-order valence-electron chi connectivity index (χ4n) is 1.15. The van der Waals surface area contributed by atoms with Gasteiger partial charge in [-0.15, -0.1) is 0 Å². The minimum Gasteiger partial charge on any atom is -0.276 e. The number of hydrogen-bond donors (Lipinski definition) is 0. The van der Waals surface area contributed by atoms with Gasteiger partial charge in [0.2, 0.25) is 11.3 Å². The summed E-state index contributed by atoms with van der Waals surface area (Å²) in [7, 11) is 0. The Morgan fingerprint density at radius 3 is 2.47 bits per heavy atom. The Labute approximate surface area is 88.3 Å². The molecular formula is C7H5ClN2O5. The van der Waals surface area contributed by atoms with Gasteiger partial charge in [0, 0.05) is 23.0 Å². The van der Waals surface area contributed by atoms with Crippen molar-refractivity contribution in [1.82, 2.24) is 0 Å². The van der Waals surface area contributed by atoms with E-state index in [-0.39, 0.29) is 12.0 Å². The second-order valence-electron chi connectivity index (χ2n) is 2.85. The van der Waals surface area contributed by atoms with Gasteiger partial charge >= 0.3 is 0 Å². The van der Waals surface area contributed by atoms with Crippen molar-refractivity contribution in [2.24, 2.45) is 0 Å². The molecule has 1 rings (SSSR count). The third-order valence-electron chi connectivity index (χ3n) is 1.85. The Morgan fingerprint density at radius 2 is 2.07 bits per heavy atom. The Morgan fingerprint density at radius 1 is 1.47 bits per heavy atom. The molecule has 7 nitrogen and oxygen atoms in total. The third kappa shape index (κ3) is 2.59. The lowest BCUT2D eigenvalue weighted by atomic mass is 10.0. The van der Waals surface area contributed by atoms with Gasteiger partial charge in [0.1, 0.15) is 0 Å². The van der Waals surface area contributed by atoms with Crippen LogP contribution in [0.2, 0.25) is 0 Å². The summed E-state index contributed by atoms with van der Waals surface area (Å²) in [6, 6.07) is -1.27. The SMILES string of the molecule is O=C(Cl)C1=CC([N+](=O)[O-])=CC([N+](=O)[O-])C1. The smallest absolute Gasteiger partial charge is 0.272 e. The number of nitro groups is 2. The molecule has 0 bridgehead atoms. The van der Waals surface area contributed by atoms with E-state index in [9.17, 15) is 25.0 Å². The Hall–Kier alpha value is -1.76. The zero-order valence-electron chi connectivity index (χ0n) is 7.25. The van der Waals surface area contributed by atoms with Crippen molar-refractivity contribution in [3.63, 3.8) is 0 Å². The lowest BCUT2D eigenvalue weighted by molar-refractivity contribution is -0.511. The van der Waals surface area contributed by atoms with Crippen molar-refractivity contribution < 1.29 is 14.6 Å². The number of carbonyl (C=O) groups excluding carboxylic acids is 1. The Bertz CT molecular complexity index is 400. The molecule has 1 atom stereocenters. The van der Waals surface area contributed by atoms with Gasteiger partial charge in [0.15, 0.2) is 0 Å². The van der Waals surface area contributed by atoms with E-state index < -0.39 is 26.8 Å². The molecule has 1 aliphatic carbocycles. The zero-order chi connectivity index (χ0) is 11.6. The van der Waals surface area contributed by atoms with E-state index >= 15 is 0 Å². The van der Waals surface area contributed by atoms with Gasteiger partial charge in [-0.1, -0.05) is 0 Å². The Balaban J connectivity index is 3.07. The molecule has 0 amide bonds. The molecule has 0 aromatic heterocycles. The normalized spacial score (nSPS) is 20.2. The maximum atomic E-state index is 10.8. The van der Waals surface area contributed by atoms with Crippen molar-refractivity contribution in [1.29, 1.82) is 0 Å². The third-order valence-corrected chi connectivity index (χ3v) is 2.09. The molecule has 0 spiro atoms. The van der Waals surface area contributed by atoms with Crippen molar-refractivity contribution in [3.05, 3.63) is 43.7 Å². The molecule has 8 heteroatoms. The average molecular weight is 233 g/mol. The minimum absolute atomic E-state index is 0.118. The van der Waals surface area contributed by atoms with E-state index in [1.807, 2.05) is 0 Å². The first-order valence-corrected chi connectivity index (χ1v) is 4.19. The van der Waals surface area contributed by atoms with Crippen molar-refractivity contribution >= 4 is 16.8 Å². The van der Waals surface area contributed by atoms with Gasteiger partial charge in [0.25, 0.3) is 5.70 Å². The summed E-state index contributed by atoms with van der Waals surface area (Å²) in [4.78, 5) is 30.1. The predicted molar refractivity (Wildman–Crippen MR) is 49.4 cm³/mol. The van der Waals surface area contributed by atoms with Gasteiger partial charge in [-0.2, -0.15) is 0 Å². The van der Waals surface area contributed by atoms with Crippen LogP contribution in [-0.4, -0.2) is 21.1 Å². The first-order chi connectivity index (χ1) is 6.91. The summed E-state index contributed by atoms with van der Waals surface area (Å²) < 4.78 is 0. The van der Waals surface area contributed by atoms with Gasteiger partial charge < -0.3 is 0 Å². The van der Waals surface area contributed by atoms with Gasteiger partial charge in [-0.3, -0.25) is 25.0 Å². The van der Waals surface area contributed by atoms with E-state index in [1.165, 1.54) is 0 Å². The fourth-order valence-corrected chi connectivity index (χ4v) is 1.28. The van der Waals surface area contributed by atoms with Crippen LogP contribution in [0.3, 0.4) is 0 Å². The standard InChI is InChI=1S/C7H5ClN2O5/c8-7(11)4-1-5(9(12)13)3-6(2-4)10(14)15/h1,3,6H,2H2. The second-order valence-corrected chi connectivity index (χ2v) is 3.19. The molecule has 0 fully saturated rings. The summed E-state index contributed by atoms with van der Waals surface area (Å²) in [6.07, 6.45) is 1.63. The summed E-state index contributed by atoms with van der Waals surface area (Å²) in [5.74, 6) is 0. The summed E-state index contributed by atoms with van der Waals surface area (Å²) in [6.45, 7) is 0. The largest absolute Gasteiger partial charge is 0.276 e. The first-order valence-electron chi connectivity index (χ1n) is 3.82. The second kappa shape index (κ2) is 4.18. The molecule has 0 heterocycles. The topological polar surface area (TPSA) is 103 Å². The van der Waals surface area contributed by atoms with E-state index in [0.717, 1.165) is 12.2 Å². The lowest BCUT2D eigenvalue weighted by Crippen LogP contribution is -2.23. The number of nitrogens with zero attached hydrogens (tertiary/aromatic N) is 2. The number of hydrogen-bond acceptors (Lipinski definition) is 5. The fraction of sp³-hybridized carbons (Fsp3) is 0.286. The van der Waals surface area contributed by atoms with Crippen LogP contribution >= 0.6 is 11.6 Å². The van der Waals surface area contributed by atoms with Crippen LogP contribution < -0.4 is 0 Å². The number of carbonyl (C=O) groups is 1. The highest BCUT2D eigenvalue weighted by Gasteiger charge is 2.30. The maximum Gasteiger partial charge on any atom is 0.272 e. The van der Waals surface area contributed by atoms with Gasteiger partial charge in [-0.05, 0) is 11.6 Å². The van der Waals surface area contributed by atoms with E-state index in [2.05, 4.69) is 0 Å². The lowest BCUT2D eigenvalue weighted by Gasteiger charge is -2.09. The van der Waals surface area contributed by atoms with Crippen LogP contribution in [0, 0.1) is 20.2 Å².